The number of hydrogen-bond donors (Lipinski definition) is 0. The van der Waals surface area contributed by atoms with Crippen LogP contribution >= 0.6 is 11.7 Å². The zero-order valence-electron chi connectivity index (χ0n) is 13.6. The van der Waals surface area contributed by atoms with Gasteiger partial charge in [-0.1, -0.05) is 6.07 Å². The maximum atomic E-state index is 12.8. The molecular weight excluding hydrogens is 393 g/mol. The Balaban J connectivity index is 1.75. The summed E-state index contributed by atoms with van der Waals surface area (Å²) in [6.45, 7) is 0.466. The van der Waals surface area contributed by atoms with Crippen LogP contribution in [0.25, 0.3) is 11.0 Å². The highest BCUT2D eigenvalue weighted by Gasteiger charge is 2.44. The van der Waals surface area contributed by atoms with Crippen LogP contribution in [0.4, 0.5) is 13.2 Å². The maximum Gasteiger partial charge on any atom is 0.400 e. The molecule has 142 valence electrons. The van der Waals surface area contributed by atoms with E-state index < -0.39 is 28.0 Å². The molecule has 7 nitrogen and oxygen atoms in total. The van der Waals surface area contributed by atoms with Crippen LogP contribution in [0.15, 0.2) is 23.1 Å². The largest absolute Gasteiger partial charge is 0.400 e. The van der Waals surface area contributed by atoms with E-state index in [1.54, 1.807) is 12.1 Å². The summed E-state index contributed by atoms with van der Waals surface area (Å²) in [6, 6.07) is 4.62. The molecule has 1 aromatic carbocycles. The van der Waals surface area contributed by atoms with Gasteiger partial charge in [0.05, 0.1) is 11.7 Å². The molecule has 0 N–H and O–H groups in total. The standard InChI is InChI=1S/C14H15F3N4O3S2/c1-9(14(15,16)17)13(22)20-5-7-21(8-6-20)26(23,24)11-4-2-3-10-12(11)19-25-18-10/h2-4,9H,5-8H2,1H3/t9-/m0/s1. The lowest BCUT2D eigenvalue weighted by molar-refractivity contribution is -0.186. The first-order chi connectivity index (χ1) is 12.1. The number of halogens is 3. The topological polar surface area (TPSA) is 83.5 Å². The Kier molecular flexibility index (Phi) is 4.92. The fraction of sp³-hybridized carbons (Fsp3) is 0.500. The average molecular weight is 408 g/mol. The molecule has 1 fully saturated rings. The number of alkyl halides is 3. The Bertz CT molecular complexity index is 921. The fourth-order valence-corrected chi connectivity index (χ4v) is 4.87. The Morgan fingerprint density at radius 2 is 1.85 bits per heavy atom. The summed E-state index contributed by atoms with van der Waals surface area (Å²) in [6.07, 6.45) is -4.62. The summed E-state index contributed by atoms with van der Waals surface area (Å²) in [7, 11) is -3.88. The number of carbonyl (C=O) groups excluding carboxylic acids is 1. The van der Waals surface area contributed by atoms with Crippen molar-refractivity contribution in [1.29, 1.82) is 0 Å². The van der Waals surface area contributed by atoms with Crippen molar-refractivity contribution in [2.45, 2.75) is 18.0 Å². The van der Waals surface area contributed by atoms with E-state index in [0.717, 1.165) is 27.9 Å². The van der Waals surface area contributed by atoms with Gasteiger partial charge in [0.15, 0.2) is 0 Å². The van der Waals surface area contributed by atoms with E-state index in [1.165, 1.54) is 6.07 Å². The molecule has 0 aliphatic carbocycles. The van der Waals surface area contributed by atoms with E-state index >= 15 is 0 Å². The molecule has 12 heteroatoms. The second kappa shape index (κ2) is 6.74. The van der Waals surface area contributed by atoms with Crippen molar-refractivity contribution in [3.05, 3.63) is 18.2 Å². The van der Waals surface area contributed by atoms with Crippen LogP contribution in [0.5, 0.6) is 0 Å². The van der Waals surface area contributed by atoms with Gasteiger partial charge in [-0.25, -0.2) is 8.42 Å². The molecule has 0 spiro atoms. The van der Waals surface area contributed by atoms with E-state index in [4.69, 9.17) is 0 Å². The second-order valence-electron chi connectivity index (χ2n) is 5.88. The van der Waals surface area contributed by atoms with Gasteiger partial charge in [-0.15, -0.1) is 0 Å². The lowest BCUT2D eigenvalue weighted by atomic mass is 10.1. The Hall–Kier alpha value is -1.79. The lowest BCUT2D eigenvalue weighted by Crippen LogP contribution is -2.53. The predicted molar refractivity (Wildman–Crippen MR) is 88.0 cm³/mol. The quantitative estimate of drug-likeness (QED) is 0.772. The molecule has 1 aliphatic heterocycles. The van der Waals surface area contributed by atoms with Gasteiger partial charge in [0.2, 0.25) is 15.9 Å². The van der Waals surface area contributed by atoms with E-state index in [2.05, 4.69) is 8.75 Å². The summed E-state index contributed by atoms with van der Waals surface area (Å²) in [4.78, 5) is 13.0. The number of fused-ring (bicyclic) bond motifs is 1. The van der Waals surface area contributed by atoms with Crippen molar-refractivity contribution in [3.63, 3.8) is 0 Å². The molecule has 2 heterocycles. The molecule has 0 unspecified atom stereocenters. The van der Waals surface area contributed by atoms with Crippen LogP contribution in [0.2, 0.25) is 0 Å². The van der Waals surface area contributed by atoms with Gasteiger partial charge >= 0.3 is 6.18 Å². The first-order valence-corrected chi connectivity index (χ1v) is 9.86. The van der Waals surface area contributed by atoms with Crippen LogP contribution < -0.4 is 0 Å². The van der Waals surface area contributed by atoms with E-state index in [0.29, 0.717) is 5.52 Å². The minimum atomic E-state index is -4.62. The van der Waals surface area contributed by atoms with Gasteiger partial charge in [-0.2, -0.15) is 26.2 Å². The smallest absolute Gasteiger partial charge is 0.340 e. The molecule has 2 aromatic rings. The number of carbonyl (C=O) groups is 1. The first kappa shape index (κ1) is 19.0. The molecule has 1 aliphatic rings. The third kappa shape index (κ3) is 3.40. The van der Waals surface area contributed by atoms with Crippen molar-refractivity contribution in [1.82, 2.24) is 18.0 Å². The third-order valence-electron chi connectivity index (χ3n) is 4.28. The molecule has 0 radical (unpaired) electrons. The molecule has 3 rings (SSSR count). The predicted octanol–water partition coefficient (Wildman–Crippen LogP) is 1.72. The van der Waals surface area contributed by atoms with Gasteiger partial charge < -0.3 is 4.90 Å². The number of benzene rings is 1. The highest BCUT2D eigenvalue weighted by molar-refractivity contribution is 7.89. The monoisotopic (exact) mass is 408 g/mol. The summed E-state index contributed by atoms with van der Waals surface area (Å²) < 4.78 is 72.9. The van der Waals surface area contributed by atoms with Crippen LogP contribution in [0, 0.1) is 5.92 Å². The third-order valence-corrected chi connectivity index (χ3v) is 6.75. The van der Waals surface area contributed by atoms with Crippen LogP contribution in [0.1, 0.15) is 6.92 Å². The number of nitrogens with zero attached hydrogens (tertiary/aromatic N) is 4. The lowest BCUT2D eigenvalue weighted by Gasteiger charge is -2.35. The number of amides is 1. The van der Waals surface area contributed by atoms with E-state index in [1.807, 2.05) is 0 Å². The summed E-state index contributed by atoms with van der Waals surface area (Å²) in [5.74, 6) is -3.15. The summed E-state index contributed by atoms with van der Waals surface area (Å²) in [5, 5.41) is 0. The molecule has 0 saturated carbocycles. The molecule has 1 amide bonds. The second-order valence-corrected chi connectivity index (χ2v) is 8.32. The Labute approximate surface area is 151 Å². The number of piperazine rings is 1. The van der Waals surface area contributed by atoms with Gasteiger partial charge in [-0.05, 0) is 19.1 Å². The number of sulfonamides is 1. The van der Waals surface area contributed by atoms with Crippen LogP contribution in [-0.2, 0) is 14.8 Å². The minimum absolute atomic E-state index is 0.00665. The van der Waals surface area contributed by atoms with Gasteiger partial charge in [0, 0.05) is 26.2 Å². The van der Waals surface area contributed by atoms with Crippen molar-refractivity contribution >= 4 is 38.7 Å². The van der Waals surface area contributed by atoms with Crippen molar-refractivity contribution < 1.29 is 26.4 Å². The zero-order valence-corrected chi connectivity index (χ0v) is 15.2. The molecule has 1 aromatic heterocycles. The number of rotatable bonds is 3. The Morgan fingerprint density at radius 1 is 1.19 bits per heavy atom. The van der Waals surface area contributed by atoms with Crippen molar-refractivity contribution in [2.75, 3.05) is 26.2 Å². The molecule has 26 heavy (non-hydrogen) atoms. The first-order valence-electron chi connectivity index (χ1n) is 7.69. The molecule has 0 bridgehead atoms. The van der Waals surface area contributed by atoms with Crippen molar-refractivity contribution in [2.24, 2.45) is 5.92 Å². The van der Waals surface area contributed by atoms with Gasteiger partial charge in [-0.3, -0.25) is 4.79 Å². The molecular formula is C14H15F3N4O3S2. The van der Waals surface area contributed by atoms with Gasteiger partial charge in [0.25, 0.3) is 0 Å². The minimum Gasteiger partial charge on any atom is -0.340 e. The molecule has 1 atom stereocenters. The SMILES string of the molecule is C[C@@H](C(=O)N1CCN(S(=O)(=O)c2cccc3nsnc23)CC1)C(F)(F)F. The maximum absolute atomic E-state index is 12.8. The number of hydrogen-bond acceptors (Lipinski definition) is 6. The summed E-state index contributed by atoms with van der Waals surface area (Å²) in [5.41, 5.74) is 0.727. The Morgan fingerprint density at radius 3 is 2.46 bits per heavy atom. The summed E-state index contributed by atoms with van der Waals surface area (Å²) >= 11 is 0.897. The van der Waals surface area contributed by atoms with Gasteiger partial charge in [0.1, 0.15) is 21.8 Å². The normalized spacial score (nSPS) is 18.2. The van der Waals surface area contributed by atoms with Crippen molar-refractivity contribution in [3.8, 4) is 0 Å². The number of aromatic nitrogens is 2. The average Bonchev–Trinajstić information content (AvgIpc) is 3.08. The zero-order chi connectivity index (χ0) is 19.1. The fourth-order valence-electron chi connectivity index (χ4n) is 2.69. The van der Waals surface area contributed by atoms with Crippen LogP contribution in [0.3, 0.4) is 0 Å². The highest BCUT2D eigenvalue weighted by atomic mass is 32.2. The van der Waals surface area contributed by atoms with E-state index in [9.17, 15) is 26.4 Å². The van der Waals surface area contributed by atoms with E-state index in [-0.39, 0.29) is 36.6 Å². The molecule has 1 saturated heterocycles. The highest BCUT2D eigenvalue weighted by Crippen LogP contribution is 2.29. The van der Waals surface area contributed by atoms with Crippen LogP contribution in [-0.4, -0.2) is 64.6 Å².